The molecular formula is C22H28N2O6. The Morgan fingerprint density at radius 2 is 1.97 bits per heavy atom. The molecule has 1 unspecified atom stereocenters. The van der Waals surface area contributed by atoms with Crippen LogP contribution in [0.4, 0.5) is 5.69 Å². The third-order valence-corrected chi connectivity index (χ3v) is 7.90. The first-order chi connectivity index (χ1) is 14.4. The van der Waals surface area contributed by atoms with Gasteiger partial charge in [-0.1, -0.05) is 11.6 Å². The number of aliphatic hydroxyl groups excluding tert-OH is 1. The second-order valence-corrected chi connectivity index (χ2v) is 8.70. The molecule has 1 spiro atoms. The number of anilines is 1. The molecule has 5 heterocycles. The van der Waals surface area contributed by atoms with Crippen molar-refractivity contribution in [3.63, 3.8) is 0 Å². The molecule has 0 saturated carbocycles. The minimum absolute atomic E-state index is 0.116. The topological polar surface area (TPSA) is 100 Å². The lowest BCUT2D eigenvalue weighted by atomic mass is 9.67. The largest absolute Gasteiger partial charge is 0.494 e. The van der Waals surface area contributed by atoms with Gasteiger partial charge in [0.25, 0.3) is 0 Å². The molecule has 8 heteroatoms. The predicted molar refractivity (Wildman–Crippen MR) is 109 cm³/mol. The molecule has 30 heavy (non-hydrogen) atoms. The third-order valence-electron chi connectivity index (χ3n) is 7.90. The summed E-state index contributed by atoms with van der Waals surface area (Å²) in [6.07, 6.45) is 3.01. The van der Waals surface area contributed by atoms with Crippen molar-refractivity contribution in [1.82, 2.24) is 4.90 Å². The molecule has 8 nitrogen and oxygen atoms in total. The normalized spacial score (nSPS) is 39.4. The number of methoxy groups -OCH3 is 3. The standard InChI is InChI=1S/C22H28N2O6/c1-5-11-9-24-15-6-12(11)22(27,10-25)16(24)8-21(15)17-18(23-20(21)26)13(28-2)7-14(29-3)19(17)30-4/h5,7,12,15-16,25,27H,6,8-10H2,1-4H3,(H,23,26)/b11-5-/t12-,15-,16-,21+,22+/m0/s1. The molecular weight excluding hydrogens is 388 g/mol. The number of benzene rings is 1. The average molecular weight is 416 g/mol. The van der Waals surface area contributed by atoms with E-state index in [0.717, 1.165) is 11.1 Å². The number of aliphatic hydroxyl groups is 2. The molecule has 1 aromatic rings. The van der Waals surface area contributed by atoms with E-state index < -0.39 is 11.0 Å². The number of carbonyl (C=O) groups excluding carboxylic acids is 1. The molecule has 0 aromatic heterocycles. The summed E-state index contributed by atoms with van der Waals surface area (Å²) in [6.45, 7) is 2.31. The molecule has 0 aliphatic carbocycles. The van der Waals surface area contributed by atoms with Crippen LogP contribution in [-0.4, -0.2) is 73.2 Å². The molecule has 1 aromatic carbocycles. The Kier molecular flexibility index (Phi) is 4.16. The van der Waals surface area contributed by atoms with Crippen molar-refractivity contribution in [2.24, 2.45) is 5.92 Å². The van der Waals surface area contributed by atoms with E-state index >= 15 is 0 Å². The Morgan fingerprint density at radius 1 is 1.23 bits per heavy atom. The summed E-state index contributed by atoms with van der Waals surface area (Å²) in [4.78, 5) is 15.8. The predicted octanol–water partition coefficient (Wildman–Crippen LogP) is 1.05. The summed E-state index contributed by atoms with van der Waals surface area (Å²) in [6, 6.07) is 1.27. The van der Waals surface area contributed by atoms with Crippen molar-refractivity contribution in [3.8, 4) is 17.2 Å². The van der Waals surface area contributed by atoms with Crippen LogP contribution in [0.2, 0.25) is 0 Å². The van der Waals surface area contributed by atoms with Crippen LogP contribution in [-0.2, 0) is 10.2 Å². The highest BCUT2D eigenvalue weighted by Gasteiger charge is 2.72. The number of rotatable bonds is 4. The van der Waals surface area contributed by atoms with E-state index in [9.17, 15) is 15.0 Å². The number of hydrogen-bond acceptors (Lipinski definition) is 7. The van der Waals surface area contributed by atoms with Crippen LogP contribution in [0.3, 0.4) is 0 Å². The maximum Gasteiger partial charge on any atom is 0.237 e. The second-order valence-electron chi connectivity index (χ2n) is 8.70. The smallest absolute Gasteiger partial charge is 0.237 e. The number of nitrogens with one attached hydrogen (secondary N) is 1. The zero-order chi connectivity index (χ0) is 21.4. The zero-order valence-electron chi connectivity index (χ0n) is 17.7. The molecule has 1 amide bonds. The van der Waals surface area contributed by atoms with Crippen molar-refractivity contribution in [1.29, 1.82) is 0 Å². The highest BCUT2D eigenvalue weighted by atomic mass is 16.5. The maximum absolute atomic E-state index is 13.6. The van der Waals surface area contributed by atoms with Gasteiger partial charge in [0.15, 0.2) is 11.5 Å². The molecule has 5 aliphatic heterocycles. The number of allylic oxidation sites excluding steroid dienone is 1. The van der Waals surface area contributed by atoms with Crippen molar-refractivity contribution in [2.45, 2.75) is 42.9 Å². The number of piperidine rings is 3. The Balaban J connectivity index is 1.75. The van der Waals surface area contributed by atoms with Crippen LogP contribution in [0.15, 0.2) is 17.7 Å². The fourth-order valence-corrected chi connectivity index (χ4v) is 6.57. The first-order valence-electron chi connectivity index (χ1n) is 10.3. The minimum Gasteiger partial charge on any atom is -0.494 e. The van der Waals surface area contributed by atoms with Gasteiger partial charge >= 0.3 is 0 Å². The SMILES string of the molecule is C/C=C1/CN2[C@H]3C[C@@]4(C(=O)Nc5c(OC)cc(OC)c(OC)c54)[C@@H]2C[C@@H]1[C@]3(O)CO. The van der Waals surface area contributed by atoms with Crippen LogP contribution in [0, 0.1) is 5.92 Å². The summed E-state index contributed by atoms with van der Waals surface area (Å²) >= 11 is 0. The fraction of sp³-hybridized carbons (Fsp3) is 0.591. The third kappa shape index (κ3) is 2.04. The maximum atomic E-state index is 13.6. The van der Waals surface area contributed by atoms with E-state index in [1.165, 1.54) is 0 Å². The van der Waals surface area contributed by atoms with Gasteiger partial charge in [0.05, 0.1) is 39.0 Å². The summed E-state index contributed by atoms with van der Waals surface area (Å²) < 4.78 is 16.9. The van der Waals surface area contributed by atoms with Gasteiger partial charge < -0.3 is 29.7 Å². The summed E-state index contributed by atoms with van der Waals surface area (Å²) in [5, 5.41) is 24.7. The molecule has 6 rings (SSSR count). The number of carbonyl (C=O) groups is 1. The Morgan fingerprint density at radius 3 is 2.57 bits per heavy atom. The van der Waals surface area contributed by atoms with Crippen LogP contribution in [0.25, 0.3) is 0 Å². The van der Waals surface area contributed by atoms with Gasteiger partial charge in [-0.3, -0.25) is 9.69 Å². The number of amides is 1. The monoisotopic (exact) mass is 416 g/mol. The van der Waals surface area contributed by atoms with Crippen molar-refractivity contribution in [2.75, 3.05) is 39.8 Å². The number of hydrogen-bond donors (Lipinski definition) is 3. The van der Waals surface area contributed by atoms with E-state index in [1.807, 2.05) is 13.0 Å². The summed E-state index contributed by atoms with van der Waals surface area (Å²) in [5.41, 5.74) is 0.256. The average Bonchev–Trinajstić information content (AvgIpc) is 3.23. The first-order valence-corrected chi connectivity index (χ1v) is 10.3. The van der Waals surface area contributed by atoms with Crippen molar-refractivity contribution < 1.29 is 29.2 Å². The van der Waals surface area contributed by atoms with Crippen LogP contribution < -0.4 is 19.5 Å². The van der Waals surface area contributed by atoms with Gasteiger partial charge in [-0.05, 0) is 19.8 Å². The van der Waals surface area contributed by atoms with Crippen molar-refractivity contribution in [3.05, 3.63) is 23.3 Å². The van der Waals surface area contributed by atoms with E-state index in [2.05, 4.69) is 10.2 Å². The summed E-state index contributed by atoms with van der Waals surface area (Å²) in [7, 11) is 4.68. The summed E-state index contributed by atoms with van der Waals surface area (Å²) in [5.74, 6) is 1.22. The number of fused-ring (bicyclic) bond motifs is 3. The van der Waals surface area contributed by atoms with Gasteiger partial charge in [-0.2, -0.15) is 0 Å². The minimum atomic E-state index is -1.28. The van der Waals surface area contributed by atoms with Gasteiger partial charge in [0.1, 0.15) is 11.4 Å². The van der Waals surface area contributed by atoms with E-state index in [1.54, 1.807) is 27.4 Å². The Labute approximate surface area is 175 Å². The van der Waals surface area contributed by atoms with Crippen LogP contribution >= 0.6 is 0 Å². The number of ether oxygens (including phenoxy) is 3. The molecule has 5 aliphatic rings. The molecule has 4 fully saturated rings. The van der Waals surface area contributed by atoms with E-state index in [-0.39, 0.29) is 30.5 Å². The molecule has 4 saturated heterocycles. The highest BCUT2D eigenvalue weighted by molar-refractivity contribution is 6.10. The first kappa shape index (κ1) is 19.7. The molecule has 4 bridgehead atoms. The lowest BCUT2D eigenvalue weighted by molar-refractivity contribution is -0.153. The van der Waals surface area contributed by atoms with Crippen LogP contribution in [0.1, 0.15) is 25.3 Å². The van der Waals surface area contributed by atoms with E-state index in [4.69, 9.17) is 14.2 Å². The van der Waals surface area contributed by atoms with Gasteiger partial charge in [0, 0.05) is 36.2 Å². The molecule has 162 valence electrons. The molecule has 0 radical (unpaired) electrons. The second kappa shape index (κ2) is 6.35. The van der Waals surface area contributed by atoms with Crippen molar-refractivity contribution >= 4 is 11.6 Å². The number of nitrogens with zero attached hydrogens (tertiary/aromatic N) is 1. The quantitative estimate of drug-likeness (QED) is 0.631. The highest BCUT2D eigenvalue weighted by Crippen LogP contribution is 2.65. The molecule has 6 atom stereocenters. The van der Waals surface area contributed by atoms with Crippen LogP contribution in [0.5, 0.6) is 17.2 Å². The lowest BCUT2D eigenvalue weighted by Gasteiger charge is -2.56. The Bertz CT molecular complexity index is 961. The lowest BCUT2D eigenvalue weighted by Crippen LogP contribution is -2.68. The zero-order valence-corrected chi connectivity index (χ0v) is 17.7. The van der Waals surface area contributed by atoms with Gasteiger partial charge in [-0.15, -0.1) is 0 Å². The van der Waals surface area contributed by atoms with E-state index in [0.29, 0.717) is 42.3 Å². The fourth-order valence-electron chi connectivity index (χ4n) is 6.57. The molecule has 3 N–H and O–H groups in total. The van der Waals surface area contributed by atoms with Gasteiger partial charge in [-0.25, -0.2) is 0 Å². The van der Waals surface area contributed by atoms with Gasteiger partial charge in [0.2, 0.25) is 5.91 Å². The Hall–Kier alpha value is -2.29.